The number of imidazole rings is 1. The van der Waals surface area contributed by atoms with Crippen LogP contribution in [-0.4, -0.2) is 16.7 Å². The summed E-state index contributed by atoms with van der Waals surface area (Å²) in [5.74, 6) is 0.903. The van der Waals surface area contributed by atoms with Gasteiger partial charge in [-0.2, -0.15) is 0 Å². The van der Waals surface area contributed by atoms with E-state index in [4.69, 9.17) is 4.98 Å². The van der Waals surface area contributed by atoms with Gasteiger partial charge in [-0.3, -0.25) is 0 Å². The molecule has 7 rings (SSSR count). The molecule has 0 aliphatic rings. The average molecular weight is 543 g/mol. The summed E-state index contributed by atoms with van der Waals surface area (Å²) >= 11 is 0. The fourth-order valence-corrected chi connectivity index (χ4v) is 7.36. The number of benzene rings is 6. The molecule has 3 heteroatoms. The van der Waals surface area contributed by atoms with Crippen molar-refractivity contribution in [3.63, 3.8) is 0 Å². The SMILES string of the molecule is Cc1cc(C)c(B(c2ccc(-c3nc4c5ccccc5c5ccccc5c4[nH]3)cc2)c2c(C)cc(C)cc2C)c(C)c1. The van der Waals surface area contributed by atoms with Gasteiger partial charge in [0.15, 0.2) is 0 Å². The minimum atomic E-state index is 0.156. The van der Waals surface area contributed by atoms with E-state index in [-0.39, 0.29) is 6.71 Å². The van der Waals surface area contributed by atoms with Crippen LogP contribution in [0.4, 0.5) is 0 Å². The summed E-state index contributed by atoms with van der Waals surface area (Å²) in [6, 6.07) is 35.6. The molecule has 204 valence electrons. The molecule has 7 aromatic rings. The molecule has 0 saturated heterocycles. The third-order valence-corrected chi connectivity index (χ3v) is 8.94. The molecule has 1 N–H and O–H groups in total. The lowest BCUT2D eigenvalue weighted by Crippen LogP contribution is -2.55. The zero-order chi connectivity index (χ0) is 29.1. The summed E-state index contributed by atoms with van der Waals surface area (Å²) in [5, 5.41) is 4.88. The van der Waals surface area contributed by atoms with Gasteiger partial charge in [0.25, 0.3) is 0 Å². The van der Waals surface area contributed by atoms with Crippen LogP contribution in [0.2, 0.25) is 0 Å². The average Bonchev–Trinajstić information content (AvgIpc) is 3.42. The van der Waals surface area contributed by atoms with Crippen molar-refractivity contribution >= 4 is 55.7 Å². The van der Waals surface area contributed by atoms with E-state index in [0.717, 1.165) is 22.4 Å². The molecule has 0 aliphatic carbocycles. The summed E-state index contributed by atoms with van der Waals surface area (Å²) in [4.78, 5) is 8.87. The lowest BCUT2D eigenvalue weighted by Gasteiger charge is -2.24. The summed E-state index contributed by atoms with van der Waals surface area (Å²) < 4.78 is 0. The first-order chi connectivity index (χ1) is 20.3. The molecule has 0 fully saturated rings. The predicted octanol–water partition coefficient (Wildman–Crippen LogP) is 7.90. The minimum Gasteiger partial charge on any atom is -0.337 e. The summed E-state index contributed by atoms with van der Waals surface area (Å²) in [7, 11) is 0. The molecule has 0 aliphatic heterocycles. The first kappa shape index (κ1) is 26.3. The van der Waals surface area contributed by atoms with Gasteiger partial charge in [0.05, 0.1) is 11.0 Å². The van der Waals surface area contributed by atoms with Crippen LogP contribution in [0.1, 0.15) is 33.4 Å². The number of aromatic nitrogens is 2. The summed E-state index contributed by atoms with van der Waals surface area (Å²) in [6.07, 6.45) is 0. The van der Waals surface area contributed by atoms with Gasteiger partial charge in [0, 0.05) is 16.3 Å². The first-order valence-electron chi connectivity index (χ1n) is 14.8. The third-order valence-electron chi connectivity index (χ3n) is 8.94. The van der Waals surface area contributed by atoms with E-state index in [1.54, 1.807) is 0 Å². The van der Waals surface area contributed by atoms with Crippen molar-refractivity contribution in [3.05, 3.63) is 130 Å². The van der Waals surface area contributed by atoms with E-state index in [1.165, 1.54) is 71.3 Å². The van der Waals surface area contributed by atoms with Crippen LogP contribution in [0.25, 0.3) is 44.0 Å². The van der Waals surface area contributed by atoms with Crippen LogP contribution in [0, 0.1) is 41.5 Å². The minimum absolute atomic E-state index is 0.156. The van der Waals surface area contributed by atoms with Gasteiger partial charge in [-0.1, -0.05) is 147 Å². The monoisotopic (exact) mass is 542 g/mol. The van der Waals surface area contributed by atoms with Crippen molar-refractivity contribution in [1.29, 1.82) is 0 Å². The van der Waals surface area contributed by atoms with E-state index in [9.17, 15) is 0 Å². The summed E-state index contributed by atoms with van der Waals surface area (Å²) in [5.41, 5.74) is 15.3. The normalized spacial score (nSPS) is 11.6. The fourth-order valence-electron chi connectivity index (χ4n) is 7.36. The fraction of sp³-hybridized carbons (Fsp3) is 0.154. The van der Waals surface area contributed by atoms with Crippen molar-refractivity contribution in [3.8, 4) is 11.4 Å². The maximum Gasteiger partial charge on any atom is 0.242 e. The Hall–Kier alpha value is -4.63. The number of hydrogen-bond acceptors (Lipinski definition) is 1. The molecule has 1 aromatic heterocycles. The van der Waals surface area contributed by atoms with Crippen LogP contribution in [-0.2, 0) is 0 Å². The Morgan fingerprint density at radius 3 is 1.50 bits per heavy atom. The third kappa shape index (κ3) is 4.23. The predicted molar refractivity (Wildman–Crippen MR) is 183 cm³/mol. The quantitative estimate of drug-likeness (QED) is 0.178. The van der Waals surface area contributed by atoms with Crippen LogP contribution < -0.4 is 16.4 Å². The Balaban J connectivity index is 1.40. The molecule has 0 saturated carbocycles. The number of aryl methyl sites for hydroxylation is 6. The van der Waals surface area contributed by atoms with Gasteiger partial charge in [-0.15, -0.1) is 0 Å². The number of nitrogens with zero attached hydrogens (tertiary/aromatic N) is 1. The Bertz CT molecular complexity index is 1970. The molecule has 0 amide bonds. The van der Waals surface area contributed by atoms with Crippen LogP contribution >= 0.6 is 0 Å². The largest absolute Gasteiger partial charge is 0.337 e. The molecule has 0 spiro atoms. The van der Waals surface area contributed by atoms with Crippen molar-refractivity contribution in [2.24, 2.45) is 0 Å². The highest BCUT2D eigenvalue weighted by atomic mass is 14.9. The number of nitrogens with one attached hydrogen (secondary N) is 1. The standard InChI is InChI=1S/C39H35BN2/c1-23-19-25(3)35(26(4)20-23)40(36-27(5)21-24(2)22-28(36)6)30-17-15-29(16-18-30)39-41-37-33-13-9-7-11-31(33)32-12-8-10-14-34(32)38(37)42-39/h7-22H,1-6H3,(H,41,42). The van der Waals surface area contributed by atoms with Gasteiger partial charge < -0.3 is 4.98 Å². The second-order valence-corrected chi connectivity index (χ2v) is 12.1. The molecule has 42 heavy (non-hydrogen) atoms. The number of aromatic amines is 1. The molecule has 0 atom stereocenters. The molecule has 1 heterocycles. The van der Waals surface area contributed by atoms with Crippen molar-refractivity contribution < 1.29 is 0 Å². The molecule has 0 radical (unpaired) electrons. The van der Waals surface area contributed by atoms with Crippen molar-refractivity contribution in [1.82, 2.24) is 9.97 Å². The van der Waals surface area contributed by atoms with Crippen LogP contribution in [0.5, 0.6) is 0 Å². The van der Waals surface area contributed by atoms with E-state index >= 15 is 0 Å². The Morgan fingerprint density at radius 2 is 0.976 bits per heavy atom. The second kappa shape index (κ2) is 10.0. The molecule has 6 aromatic carbocycles. The van der Waals surface area contributed by atoms with E-state index in [0.29, 0.717) is 0 Å². The Labute approximate surface area is 248 Å². The maximum absolute atomic E-state index is 5.17. The maximum atomic E-state index is 5.17. The van der Waals surface area contributed by atoms with Gasteiger partial charge >= 0.3 is 0 Å². The molecule has 2 nitrogen and oxygen atoms in total. The van der Waals surface area contributed by atoms with Gasteiger partial charge in [-0.25, -0.2) is 4.98 Å². The lowest BCUT2D eigenvalue weighted by molar-refractivity contribution is 1.33. The molecular weight excluding hydrogens is 507 g/mol. The number of fused-ring (bicyclic) bond motifs is 6. The lowest BCUT2D eigenvalue weighted by atomic mass is 9.34. The zero-order valence-electron chi connectivity index (χ0n) is 25.3. The first-order valence-corrected chi connectivity index (χ1v) is 14.8. The molecule has 0 unspecified atom stereocenters. The number of H-pyrrole nitrogens is 1. The van der Waals surface area contributed by atoms with Gasteiger partial charge in [0.2, 0.25) is 6.71 Å². The second-order valence-electron chi connectivity index (χ2n) is 12.1. The van der Waals surface area contributed by atoms with Gasteiger partial charge in [0.1, 0.15) is 5.82 Å². The smallest absolute Gasteiger partial charge is 0.242 e. The van der Waals surface area contributed by atoms with E-state index < -0.39 is 0 Å². The topological polar surface area (TPSA) is 28.7 Å². The highest BCUT2D eigenvalue weighted by Crippen LogP contribution is 2.35. The van der Waals surface area contributed by atoms with E-state index in [2.05, 4.69) is 144 Å². The Morgan fingerprint density at radius 1 is 0.524 bits per heavy atom. The molecular formula is C39H35BN2. The number of hydrogen-bond donors (Lipinski definition) is 1. The van der Waals surface area contributed by atoms with Crippen LogP contribution in [0.3, 0.4) is 0 Å². The van der Waals surface area contributed by atoms with Crippen LogP contribution in [0.15, 0.2) is 97.1 Å². The highest BCUT2D eigenvalue weighted by Gasteiger charge is 2.28. The van der Waals surface area contributed by atoms with Crippen molar-refractivity contribution in [2.45, 2.75) is 41.5 Å². The highest BCUT2D eigenvalue weighted by molar-refractivity contribution is 6.96. The van der Waals surface area contributed by atoms with Gasteiger partial charge in [-0.05, 0) is 52.3 Å². The van der Waals surface area contributed by atoms with E-state index in [1.807, 2.05) is 0 Å². The molecule has 0 bridgehead atoms. The summed E-state index contributed by atoms with van der Waals surface area (Å²) in [6.45, 7) is 13.6. The number of rotatable bonds is 4. The van der Waals surface area contributed by atoms with Crippen molar-refractivity contribution in [2.75, 3.05) is 0 Å². The zero-order valence-corrected chi connectivity index (χ0v) is 25.3. The Kier molecular flexibility index (Phi) is 6.28.